The predicted molar refractivity (Wildman–Crippen MR) is 157 cm³/mol. The Labute approximate surface area is 243 Å². The van der Waals surface area contributed by atoms with Crippen LogP contribution in [-0.4, -0.2) is 83.5 Å². The third-order valence-electron chi connectivity index (χ3n) is 6.08. The number of nitrogens with one attached hydrogen (secondary N) is 3. The Kier molecular flexibility index (Phi) is 12.2. The molecular weight excluding hydrogens is 575 g/mol. The van der Waals surface area contributed by atoms with E-state index in [2.05, 4.69) is 25.7 Å². The largest absolute Gasteiger partial charge is 0.479 e. The smallest absolute Gasteiger partial charge is 0.405 e. The number of aliphatic hydroxyl groups is 2. The number of aliphatic hydroxyl groups excluding tert-OH is 2. The molecule has 7 N–H and O–H groups in total. The number of nitrogen functional groups attached to an aromatic ring is 1. The number of nitrogens with two attached hydrogens (primary N) is 1. The molecule has 1 fully saturated rings. The van der Waals surface area contributed by atoms with E-state index in [1.165, 1.54) is 7.11 Å². The van der Waals surface area contributed by atoms with Crippen LogP contribution in [0.4, 0.5) is 17.5 Å². The summed E-state index contributed by atoms with van der Waals surface area (Å²) in [5.74, 6) is 0.680. The minimum absolute atomic E-state index is 0.0296. The van der Waals surface area contributed by atoms with Gasteiger partial charge in [0.05, 0.1) is 38.4 Å². The van der Waals surface area contributed by atoms with Gasteiger partial charge in [-0.25, -0.2) is 9.65 Å². The van der Waals surface area contributed by atoms with Gasteiger partial charge < -0.3 is 36.1 Å². The Morgan fingerprint density at radius 2 is 2.00 bits per heavy atom. The number of benzene rings is 1. The molecule has 1 aliphatic rings. The van der Waals surface area contributed by atoms with Crippen molar-refractivity contribution < 1.29 is 38.1 Å². The first-order valence-electron chi connectivity index (χ1n) is 13.0. The minimum atomic E-state index is -3.85. The van der Waals surface area contributed by atoms with Crippen LogP contribution in [0, 0.1) is 5.41 Å². The molecule has 41 heavy (non-hydrogen) atoms. The molecule has 0 saturated carbocycles. The number of hydrogen-bond acceptors (Lipinski definition) is 14. The molecule has 0 aliphatic carbocycles. The second-order valence-corrected chi connectivity index (χ2v) is 12.7. The first-order chi connectivity index (χ1) is 19.5. The number of nitrogens with zero attached hydrogens (tertiary/aromatic N) is 2. The topological polar surface area (TPSA) is 199 Å². The van der Waals surface area contributed by atoms with Crippen molar-refractivity contribution in [2.24, 2.45) is 5.41 Å². The summed E-state index contributed by atoms with van der Waals surface area (Å²) in [5, 5.41) is 28.6. The molecule has 14 nitrogen and oxygen atoms in total. The van der Waals surface area contributed by atoms with Crippen molar-refractivity contribution in [1.29, 1.82) is 0 Å². The molecule has 0 amide bonds. The fraction of sp³-hybridized carbons (Fsp3) is 0.560. The average Bonchev–Trinajstić information content (AvgIpc) is 3.32. The highest BCUT2D eigenvalue weighted by molar-refractivity contribution is 8.13. The van der Waals surface area contributed by atoms with E-state index in [9.17, 15) is 19.6 Å². The number of carbonyl (C=O) groups excluding carboxylic acids is 1. The zero-order chi connectivity index (χ0) is 30.0. The molecule has 4 unspecified atom stereocenters. The number of anilines is 3. The van der Waals surface area contributed by atoms with Gasteiger partial charge in [-0.2, -0.15) is 9.97 Å². The van der Waals surface area contributed by atoms with Gasteiger partial charge in [-0.05, 0) is 19.4 Å². The molecule has 1 aromatic heterocycles. The van der Waals surface area contributed by atoms with Crippen molar-refractivity contribution in [1.82, 2.24) is 15.1 Å². The van der Waals surface area contributed by atoms with Gasteiger partial charge in [-0.3, -0.25) is 13.8 Å². The van der Waals surface area contributed by atoms with Crippen molar-refractivity contribution >= 4 is 42.1 Å². The highest BCUT2D eigenvalue weighted by Gasteiger charge is 2.37. The van der Waals surface area contributed by atoms with Crippen LogP contribution in [0.2, 0.25) is 0 Å². The van der Waals surface area contributed by atoms with Crippen molar-refractivity contribution in [3.63, 3.8) is 0 Å². The molecule has 0 radical (unpaired) electrons. The highest BCUT2D eigenvalue weighted by atomic mass is 32.2. The number of carbonyl (C=O) groups is 1. The summed E-state index contributed by atoms with van der Waals surface area (Å²) < 4.78 is 36.1. The van der Waals surface area contributed by atoms with E-state index in [1.807, 2.05) is 30.3 Å². The molecule has 2 heterocycles. The Hall–Kier alpha value is -2.49. The zero-order valence-corrected chi connectivity index (χ0v) is 25.2. The molecule has 1 saturated heterocycles. The van der Waals surface area contributed by atoms with Crippen molar-refractivity contribution in [2.75, 3.05) is 56.1 Å². The SMILES string of the molecule is CNc1c(NC2OC(COP(=O)(NCc3ccccc3)OCCSC(=O)C(C)(C)CO)CC2O)nc(N)nc1OC. The fourth-order valence-electron chi connectivity index (χ4n) is 3.70. The molecule has 0 spiro atoms. The van der Waals surface area contributed by atoms with Gasteiger partial charge in [-0.15, -0.1) is 0 Å². The molecule has 1 aliphatic heterocycles. The fourth-order valence-corrected chi connectivity index (χ4v) is 5.96. The molecule has 3 rings (SSSR count). The van der Waals surface area contributed by atoms with Crippen LogP contribution in [0.3, 0.4) is 0 Å². The van der Waals surface area contributed by atoms with Crippen LogP contribution >= 0.6 is 19.5 Å². The van der Waals surface area contributed by atoms with Gasteiger partial charge in [0, 0.05) is 25.8 Å². The second-order valence-electron chi connectivity index (χ2n) is 9.82. The van der Waals surface area contributed by atoms with Crippen LogP contribution in [0.15, 0.2) is 30.3 Å². The quantitative estimate of drug-likeness (QED) is 0.119. The maximum atomic E-state index is 13.6. The Bertz CT molecular complexity index is 1190. The van der Waals surface area contributed by atoms with Crippen LogP contribution in [0.1, 0.15) is 25.8 Å². The molecule has 16 heteroatoms. The summed E-state index contributed by atoms with van der Waals surface area (Å²) in [7, 11) is -0.747. The molecule has 0 bridgehead atoms. The zero-order valence-electron chi connectivity index (χ0n) is 23.5. The van der Waals surface area contributed by atoms with E-state index in [0.717, 1.165) is 17.3 Å². The average molecular weight is 615 g/mol. The van der Waals surface area contributed by atoms with E-state index in [1.54, 1.807) is 20.9 Å². The lowest BCUT2D eigenvalue weighted by atomic mass is 9.97. The standard InChI is InChI=1S/C25H39N6O8PS/c1-25(2,15-32)23(34)41-11-10-37-40(35,28-13-16-8-6-5-7-9-16)38-14-17-12-18(33)21(39-17)29-20-19(27-3)22(36-4)31-24(26)30-20/h5-9,17-18,21,27,32-33H,10-15H2,1-4H3,(H,28,35)(H3,26,29,30,31). The lowest BCUT2D eigenvalue weighted by Gasteiger charge is -2.22. The van der Waals surface area contributed by atoms with Crippen molar-refractivity contribution in [3.8, 4) is 5.88 Å². The second kappa shape index (κ2) is 15.1. The van der Waals surface area contributed by atoms with Gasteiger partial charge in [0.15, 0.2) is 17.2 Å². The van der Waals surface area contributed by atoms with Crippen molar-refractivity contribution in [3.05, 3.63) is 35.9 Å². The van der Waals surface area contributed by atoms with Crippen LogP contribution in [0.25, 0.3) is 0 Å². The highest BCUT2D eigenvalue weighted by Crippen LogP contribution is 2.45. The molecular formula is C25H39N6O8PS. The lowest BCUT2D eigenvalue weighted by molar-refractivity contribution is -0.119. The van der Waals surface area contributed by atoms with E-state index in [0.29, 0.717) is 5.69 Å². The van der Waals surface area contributed by atoms with Crippen LogP contribution in [-0.2, 0) is 29.7 Å². The third kappa shape index (κ3) is 9.51. The summed E-state index contributed by atoms with van der Waals surface area (Å²) in [6.45, 7) is 3.03. The Balaban J connectivity index is 1.61. The number of ether oxygens (including phenoxy) is 2. The summed E-state index contributed by atoms with van der Waals surface area (Å²) in [5.41, 5.74) is 6.18. The number of thioether (sulfide) groups is 1. The molecule has 2 aromatic rings. The summed E-state index contributed by atoms with van der Waals surface area (Å²) in [4.78, 5) is 20.5. The minimum Gasteiger partial charge on any atom is -0.479 e. The van der Waals surface area contributed by atoms with Crippen LogP contribution < -0.4 is 26.2 Å². The van der Waals surface area contributed by atoms with E-state index in [-0.39, 0.29) is 61.3 Å². The van der Waals surface area contributed by atoms with Gasteiger partial charge in [-0.1, -0.05) is 42.1 Å². The summed E-state index contributed by atoms with van der Waals surface area (Å²) in [6, 6.07) is 9.32. The molecule has 1 aromatic carbocycles. The first-order valence-corrected chi connectivity index (χ1v) is 15.5. The normalized spacial score (nSPS) is 20.4. The summed E-state index contributed by atoms with van der Waals surface area (Å²) in [6.07, 6.45) is -2.25. The van der Waals surface area contributed by atoms with Gasteiger partial charge >= 0.3 is 7.75 Å². The Morgan fingerprint density at radius 3 is 2.66 bits per heavy atom. The van der Waals surface area contributed by atoms with Crippen LogP contribution in [0.5, 0.6) is 5.88 Å². The first kappa shape index (κ1) is 33.0. The van der Waals surface area contributed by atoms with E-state index >= 15 is 0 Å². The third-order valence-corrected chi connectivity index (χ3v) is 8.83. The van der Waals surface area contributed by atoms with E-state index in [4.69, 9.17) is 24.3 Å². The Morgan fingerprint density at radius 1 is 1.27 bits per heavy atom. The van der Waals surface area contributed by atoms with Crippen molar-refractivity contribution in [2.45, 2.75) is 45.2 Å². The monoisotopic (exact) mass is 614 g/mol. The number of aromatic nitrogens is 2. The number of hydrogen-bond donors (Lipinski definition) is 6. The van der Waals surface area contributed by atoms with Gasteiger partial charge in [0.1, 0.15) is 11.8 Å². The molecule has 228 valence electrons. The maximum Gasteiger partial charge on any atom is 0.405 e. The maximum absolute atomic E-state index is 13.6. The number of rotatable bonds is 16. The lowest BCUT2D eigenvalue weighted by Crippen LogP contribution is -2.31. The summed E-state index contributed by atoms with van der Waals surface area (Å²) >= 11 is 0.987. The van der Waals surface area contributed by atoms with Gasteiger partial charge in [0.25, 0.3) is 0 Å². The predicted octanol–water partition coefficient (Wildman–Crippen LogP) is 2.21. The molecule has 4 atom stereocenters. The number of methoxy groups -OCH3 is 1. The van der Waals surface area contributed by atoms with Gasteiger partial charge in [0.2, 0.25) is 11.8 Å². The van der Waals surface area contributed by atoms with E-state index < -0.39 is 31.6 Å².